The fourth-order valence-electron chi connectivity index (χ4n) is 3.61. The van der Waals surface area contributed by atoms with E-state index in [1.54, 1.807) is 17.0 Å². The molecule has 0 saturated carbocycles. The van der Waals surface area contributed by atoms with Crippen molar-refractivity contribution < 1.29 is 13.2 Å². The first-order valence-corrected chi connectivity index (χ1v) is 11.2. The highest BCUT2D eigenvalue weighted by molar-refractivity contribution is 7.89. The van der Waals surface area contributed by atoms with E-state index < -0.39 is 10.0 Å². The van der Waals surface area contributed by atoms with Gasteiger partial charge >= 0.3 is 0 Å². The number of rotatable bonds is 5. The van der Waals surface area contributed by atoms with Crippen LogP contribution in [-0.2, 0) is 33.2 Å². The van der Waals surface area contributed by atoms with Gasteiger partial charge in [0.1, 0.15) is 0 Å². The Morgan fingerprint density at radius 3 is 2.38 bits per heavy atom. The van der Waals surface area contributed by atoms with Gasteiger partial charge in [-0.25, -0.2) is 13.6 Å². The van der Waals surface area contributed by atoms with Crippen LogP contribution in [0.5, 0.6) is 0 Å². The minimum Gasteiger partial charge on any atom is -0.311 e. The van der Waals surface area contributed by atoms with E-state index in [1.165, 1.54) is 11.6 Å². The molecule has 1 amide bonds. The van der Waals surface area contributed by atoms with E-state index >= 15 is 0 Å². The van der Waals surface area contributed by atoms with Crippen molar-refractivity contribution in [2.75, 3.05) is 25.0 Å². The van der Waals surface area contributed by atoms with Crippen LogP contribution >= 0.6 is 0 Å². The van der Waals surface area contributed by atoms with E-state index in [-0.39, 0.29) is 22.8 Å². The Hall–Kier alpha value is -2.22. The number of amides is 1. The zero-order valence-corrected chi connectivity index (χ0v) is 18.3. The van der Waals surface area contributed by atoms with Crippen molar-refractivity contribution in [2.45, 2.75) is 44.0 Å². The maximum atomic E-state index is 12.8. The first kappa shape index (κ1) is 21.5. The van der Waals surface area contributed by atoms with Crippen molar-refractivity contribution in [1.29, 1.82) is 0 Å². The van der Waals surface area contributed by atoms with Gasteiger partial charge in [-0.05, 0) is 53.8 Å². The quantitative estimate of drug-likeness (QED) is 0.814. The highest BCUT2D eigenvalue weighted by Gasteiger charge is 2.26. The van der Waals surface area contributed by atoms with Gasteiger partial charge < -0.3 is 4.90 Å². The Bertz CT molecular complexity index is 1010. The molecule has 0 saturated heterocycles. The molecule has 1 aliphatic rings. The van der Waals surface area contributed by atoms with Crippen LogP contribution in [0.2, 0.25) is 0 Å². The van der Waals surface area contributed by atoms with E-state index in [9.17, 15) is 13.2 Å². The molecule has 0 spiro atoms. The second kappa shape index (κ2) is 7.89. The molecule has 0 unspecified atom stereocenters. The smallest absolute Gasteiger partial charge is 0.241 e. The van der Waals surface area contributed by atoms with Crippen LogP contribution in [0.25, 0.3) is 0 Å². The molecule has 0 bridgehead atoms. The molecule has 6 nitrogen and oxygen atoms in total. The molecular formula is C22H29N3O3S. The molecular weight excluding hydrogens is 386 g/mol. The average Bonchev–Trinajstić information content (AvgIpc) is 3.04. The number of anilines is 1. The van der Waals surface area contributed by atoms with Gasteiger partial charge in [0.2, 0.25) is 15.9 Å². The second-order valence-electron chi connectivity index (χ2n) is 8.75. The molecule has 2 aromatic carbocycles. The SMILES string of the molecule is CN(CC(=O)N1CCc2cc(S(N)(=O)=O)ccc21)Cc1ccc(C(C)(C)C)cc1. The highest BCUT2D eigenvalue weighted by atomic mass is 32.2. The summed E-state index contributed by atoms with van der Waals surface area (Å²) in [7, 11) is -1.81. The standard InChI is InChI=1S/C22H29N3O3S/c1-22(2,3)18-7-5-16(6-8-18)14-24(4)15-21(26)25-12-11-17-13-19(29(23,27)28)9-10-20(17)25/h5-10,13H,11-12,14-15H2,1-4H3,(H2,23,27,28). The minimum atomic E-state index is -3.74. The number of likely N-dealkylation sites (N-methyl/N-ethyl adjacent to an activating group) is 1. The molecule has 1 heterocycles. The summed E-state index contributed by atoms with van der Waals surface area (Å²) in [4.78, 5) is 16.6. The van der Waals surface area contributed by atoms with Crippen molar-refractivity contribution in [2.24, 2.45) is 5.14 Å². The fourth-order valence-corrected chi connectivity index (χ4v) is 4.17. The summed E-state index contributed by atoms with van der Waals surface area (Å²) < 4.78 is 23.1. The van der Waals surface area contributed by atoms with Crippen LogP contribution in [-0.4, -0.2) is 39.4 Å². The molecule has 156 valence electrons. The van der Waals surface area contributed by atoms with Crippen molar-refractivity contribution >= 4 is 21.6 Å². The van der Waals surface area contributed by atoms with E-state index in [0.29, 0.717) is 19.5 Å². The fraction of sp³-hybridized carbons (Fsp3) is 0.409. The summed E-state index contributed by atoms with van der Waals surface area (Å²) in [6, 6.07) is 13.2. The third kappa shape index (κ3) is 5.04. The van der Waals surface area contributed by atoms with E-state index in [4.69, 9.17) is 5.14 Å². The third-order valence-electron chi connectivity index (χ3n) is 5.25. The van der Waals surface area contributed by atoms with Gasteiger partial charge in [0.15, 0.2) is 0 Å². The lowest BCUT2D eigenvalue weighted by Gasteiger charge is -2.23. The molecule has 0 atom stereocenters. The summed E-state index contributed by atoms with van der Waals surface area (Å²) in [5, 5.41) is 5.20. The summed E-state index contributed by atoms with van der Waals surface area (Å²) >= 11 is 0. The normalized spacial score (nSPS) is 14.3. The Kier molecular flexibility index (Phi) is 5.85. The molecule has 29 heavy (non-hydrogen) atoms. The molecule has 0 aromatic heterocycles. The maximum Gasteiger partial charge on any atom is 0.241 e. The number of fused-ring (bicyclic) bond motifs is 1. The largest absolute Gasteiger partial charge is 0.311 e. The Morgan fingerprint density at radius 2 is 1.79 bits per heavy atom. The zero-order chi connectivity index (χ0) is 21.4. The van der Waals surface area contributed by atoms with Crippen molar-refractivity contribution in [3.63, 3.8) is 0 Å². The predicted molar refractivity (Wildman–Crippen MR) is 115 cm³/mol. The Morgan fingerprint density at radius 1 is 1.14 bits per heavy atom. The molecule has 0 radical (unpaired) electrons. The first-order chi connectivity index (χ1) is 13.4. The molecule has 3 rings (SSSR count). The topological polar surface area (TPSA) is 83.7 Å². The third-order valence-corrected chi connectivity index (χ3v) is 6.16. The zero-order valence-electron chi connectivity index (χ0n) is 17.5. The molecule has 1 aliphatic heterocycles. The van der Waals surface area contributed by atoms with Crippen molar-refractivity contribution in [3.8, 4) is 0 Å². The summed E-state index contributed by atoms with van der Waals surface area (Å²) in [5.74, 6) is 0.000849. The number of hydrogen-bond acceptors (Lipinski definition) is 4. The number of nitrogens with zero attached hydrogens (tertiary/aromatic N) is 2. The van der Waals surface area contributed by atoms with E-state index in [0.717, 1.165) is 16.8 Å². The molecule has 7 heteroatoms. The Balaban J connectivity index is 1.64. The molecule has 0 aliphatic carbocycles. The van der Waals surface area contributed by atoms with Crippen molar-refractivity contribution in [1.82, 2.24) is 4.90 Å². The predicted octanol–water partition coefficient (Wildman–Crippen LogP) is 2.65. The van der Waals surface area contributed by atoms with Gasteiger partial charge in [0, 0.05) is 18.8 Å². The number of carbonyl (C=O) groups excluding carboxylic acids is 1. The first-order valence-electron chi connectivity index (χ1n) is 9.69. The van der Waals surface area contributed by atoms with Crippen molar-refractivity contribution in [3.05, 3.63) is 59.2 Å². The Labute approximate surface area is 173 Å². The average molecular weight is 416 g/mol. The number of carbonyl (C=O) groups is 1. The van der Waals surface area contributed by atoms with Crippen LogP contribution < -0.4 is 10.0 Å². The van der Waals surface area contributed by atoms with Crippen LogP contribution in [0.3, 0.4) is 0 Å². The summed E-state index contributed by atoms with van der Waals surface area (Å²) in [6.45, 7) is 8.08. The minimum absolute atomic E-state index is 0.000849. The number of sulfonamides is 1. The lowest BCUT2D eigenvalue weighted by molar-refractivity contribution is -0.119. The summed E-state index contributed by atoms with van der Waals surface area (Å²) in [5.41, 5.74) is 4.17. The van der Waals surface area contributed by atoms with Gasteiger partial charge in [-0.3, -0.25) is 9.69 Å². The number of primary sulfonamides is 1. The number of benzene rings is 2. The summed E-state index contributed by atoms with van der Waals surface area (Å²) in [6.07, 6.45) is 0.627. The van der Waals surface area contributed by atoms with Gasteiger partial charge in [-0.2, -0.15) is 0 Å². The molecule has 0 fully saturated rings. The van der Waals surface area contributed by atoms with E-state index in [2.05, 4.69) is 45.0 Å². The lowest BCUT2D eigenvalue weighted by atomic mass is 9.87. The number of hydrogen-bond donors (Lipinski definition) is 1. The lowest BCUT2D eigenvalue weighted by Crippen LogP contribution is -2.37. The number of nitrogens with two attached hydrogens (primary N) is 1. The van der Waals surface area contributed by atoms with Gasteiger partial charge in [0.05, 0.1) is 11.4 Å². The van der Waals surface area contributed by atoms with Crippen LogP contribution in [0.4, 0.5) is 5.69 Å². The van der Waals surface area contributed by atoms with Crippen LogP contribution in [0.1, 0.15) is 37.5 Å². The second-order valence-corrected chi connectivity index (χ2v) is 10.3. The van der Waals surface area contributed by atoms with Gasteiger partial charge in [-0.1, -0.05) is 45.0 Å². The molecule has 2 aromatic rings. The van der Waals surface area contributed by atoms with Crippen LogP contribution in [0, 0.1) is 0 Å². The van der Waals surface area contributed by atoms with E-state index in [1.807, 2.05) is 11.9 Å². The maximum absolute atomic E-state index is 12.8. The molecule has 2 N–H and O–H groups in total. The van der Waals surface area contributed by atoms with Crippen LogP contribution in [0.15, 0.2) is 47.4 Å². The van der Waals surface area contributed by atoms with Gasteiger partial charge in [-0.15, -0.1) is 0 Å². The monoisotopic (exact) mass is 415 g/mol. The highest BCUT2D eigenvalue weighted by Crippen LogP contribution is 2.30. The van der Waals surface area contributed by atoms with Gasteiger partial charge in [0.25, 0.3) is 0 Å².